The van der Waals surface area contributed by atoms with Gasteiger partial charge in [-0.3, -0.25) is 9.89 Å². The first kappa shape index (κ1) is 30.9. The summed E-state index contributed by atoms with van der Waals surface area (Å²) >= 11 is 0. The van der Waals surface area contributed by atoms with Crippen LogP contribution in [0.4, 0.5) is 41.2 Å². The van der Waals surface area contributed by atoms with Gasteiger partial charge >= 0.3 is 18.4 Å². The molecule has 0 spiro atoms. The van der Waals surface area contributed by atoms with Gasteiger partial charge in [0.1, 0.15) is 5.82 Å². The smallest absolute Gasteiger partial charge is 0.409 e. The maximum Gasteiger partial charge on any atom is 0.420 e. The summed E-state index contributed by atoms with van der Waals surface area (Å²) in [6, 6.07) is 4.55. The number of carbonyl (C=O) groups is 1. The number of ether oxygens (including phenoxy) is 3. The van der Waals surface area contributed by atoms with Crippen molar-refractivity contribution >= 4 is 23.6 Å². The number of halogens is 7. The second kappa shape index (κ2) is 13.1. The zero-order valence-corrected chi connectivity index (χ0v) is 21.2. The topological polar surface area (TPSA) is 86.4 Å². The minimum atomic E-state index is -5.35. The molecule has 40 heavy (non-hydrogen) atoms. The fourth-order valence-corrected chi connectivity index (χ4v) is 3.73. The zero-order chi connectivity index (χ0) is 29.5. The summed E-state index contributed by atoms with van der Waals surface area (Å²) in [4.78, 5) is 17.5. The summed E-state index contributed by atoms with van der Waals surface area (Å²) in [6.07, 6.45) is -8.48. The van der Waals surface area contributed by atoms with Crippen molar-refractivity contribution in [1.29, 1.82) is 0 Å². The number of anilines is 1. The number of nitrogens with two attached hydrogens (primary N) is 1. The molecule has 2 aromatic rings. The van der Waals surface area contributed by atoms with Crippen LogP contribution in [0.3, 0.4) is 0 Å². The van der Waals surface area contributed by atoms with Crippen molar-refractivity contribution in [2.75, 3.05) is 38.3 Å². The summed E-state index contributed by atoms with van der Waals surface area (Å²) in [5.41, 5.74) is 0.969. The van der Waals surface area contributed by atoms with Gasteiger partial charge in [0.25, 0.3) is 0 Å². The average molecular weight is 577 g/mol. The van der Waals surface area contributed by atoms with Gasteiger partial charge in [-0.2, -0.15) is 26.3 Å². The van der Waals surface area contributed by atoms with Crippen LogP contribution in [-0.4, -0.2) is 51.8 Å². The molecule has 7 nitrogen and oxygen atoms in total. The van der Waals surface area contributed by atoms with Crippen molar-refractivity contribution in [3.05, 3.63) is 65.1 Å². The molecule has 1 heterocycles. The third kappa shape index (κ3) is 8.18. The van der Waals surface area contributed by atoms with E-state index in [0.717, 1.165) is 61.5 Å². The lowest BCUT2D eigenvalue weighted by molar-refractivity contribution is -0.143. The Bertz CT molecular complexity index is 1220. The van der Waals surface area contributed by atoms with E-state index in [0.29, 0.717) is 19.3 Å². The molecule has 1 saturated heterocycles. The molecule has 2 N–H and O–H groups in total. The van der Waals surface area contributed by atoms with Crippen molar-refractivity contribution in [2.24, 2.45) is 10.7 Å². The van der Waals surface area contributed by atoms with Crippen LogP contribution in [0, 0.1) is 5.82 Å². The molecule has 3 rings (SSSR count). The van der Waals surface area contributed by atoms with Crippen LogP contribution < -0.4 is 15.4 Å². The highest BCUT2D eigenvalue weighted by molar-refractivity contribution is 6.11. The highest BCUT2D eigenvalue weighted by atomic mass is 19.4. The monoisotopic (exact) mass is 577 g/mol. The summed E-state index contributed by atoms with van der Waals surface area (Å²) in [5.74, 6) is -1.85. The minimum absolute atomic E-state index is 0.0115. The van der Waals surface area contributed by atoms with Crippen LogP contribution in [0.5, 0.6) is 5.75 Å². The molecule has 0 aliphatic carbocycles. The standard InChI is InChI=1S/C26H26F7N3O4/c1-36(19-6-4-18(27)5-7-19)24(37)40-23-21(11-17(25(28,29)30)12-22(23)26(31,32)33)16(13-34)14-35-8-10-38-15-20-3-2-9-39-20/h4-7,11-14,20H,2-3,8-10,15,34H2,1H3. The minimum Gasteiger partial charge on any atom is -0.409 e. The Labute approximate surface area is 225 Å². The molecule has 14 heteroatoms. The van der Waals surface area contributed by atoms with Crippen molar-refractivity contribution < 1.29 is 49.7 Å². The van der Waals surface area contributed by atoms with Crippen LogP contribution >= 0.6 is 0 Å². The molecule has 218 valence electrons. The molecule has 1 amide bonds. The van der Waals surface area contributed by atoms with Crippen LogP contribution in [-0.2, 0) is 21.8 Å². The Morgan fingerprint density at radius 1 is 1.15 bits per heavy atom. The van der Waals surface area contributed by atoms with Crippen LogP contribution in [0.1, 0.15) is 29.5 Å². The maximum absolute atomic E-state index is 14.0. The van der Waals surface area contributed by atoms with E-state index in [4.69, 9.17) is 19.9 Å². The highest BCUT2D eigenvalue weighted by Gasteiger charge is 2.41. The Balaban J connectivity index is 1.93. The zero-order valence-electron chi connectivity index (χ0n) is 21.2. The van der Waals surface area contributed by atoms with Crippen LogP contribution in [0.25, 0.3) is 5.57 Å². The predicted molar refractivity (Wildman–Crippen MR) is 133 cm³/mol. The number of aliphatic imine (C=N–C) groups is 1. The van der Waals surface area contributed by atoms with E-state index in [1.165, 1.54) is 0 Å². The highest BCUT2D eigenvalue weighted by Crippen LogP contribution is 2.44. The number of rotatable bonds is 9. The van der Waals surface area contributed by atoms with Gasteiger partial charge in [0.15, 0.2) is 5.75 Å². The Hall–Kier alpha value is -3.65. The van der Waals surface area contributed by atoms with Crippen molar-refractivity contribution in [3.63, 3.8) is 0 Å². The van der Waals surface area contributed by atoms with Gasteiger partial charge in [-0.15, -0.1) is 0 Å². The molecule has 1 aliphatic heterocycles. The van der Waals surface area contributed by atoms with Crippen LogP contribution in [0.15, 0.2) is 47.6 Å². The second-order valence-electron chi connectivity index (χ2n) is 8.67. The second-order valence-corrected chi connectivity index (χ2v) is 8.67. The van der Waals surface area contributed by atoms with E-state index in [1.54, 1.807) is 0 Å². The van der Waals surface area contributed by atoms with Crippen molar-refractivity contribution in [3.8, 4) is 5.75 Å². The summed E-state index contributed by atoms with van der Waals surface area (Å²) < 4.78 is 112. The quantitative estimate of drug-likeness (QED) is 0.222. The van der Waals surface area contributed by atoms with Crippen molar-refractivity contribution in [1.82, 2.24) is 0 Å². The molecule has 0 radical (unpaired) electrons. The Morgan fingerprint density at radius 2 is 1.85 bits per heavy atom. The molecule has 1 unspecified atom stereocenters. The summed E-state index contributed by atoms with van der Waals surface area (Å²) in [5, 5.41) is 0. The number of hydrogen-bond acceptors (Lipinski definition) is 6. The number of benzene rings is 2. The van der Waals surface area contributed by atoms with Gasteiger partial charge in [0, 0.05) is 42.9 Å². The molecular weight excluding hydrogens is 551 g/mol. The Morgan fingerprint density at radius 3 is 2.42 bits per heavy atom. The first-order chi connectivity index (χ1) is 18.8. The van der Waals surface area contributed by atoms with Gasteiger partial charge in [-0.05, 0) is 49.2 Å². The molecule has 1 fully saturated rings. The lowest BCUT2D eigenvalue weighted by atomic mass is 9.98. The first-order valence-electron chi connectivity index (χ1n) is 12.0. The van der Waals surface area contributed by atoms with E-state index in [-0.39, 0.29) is 36.6 Å². The fourth-order valence-electron chi connectivity index (χ4n) is 3.73. The fraction of sp³-hybridized carbons (Fsp3) is 0.385. The average Bonchev–Trinajstić information content (AvgIpc) is 3.41. The first-order valence-corrected chi connectivity index (χ1v) is 12.0. The van der Waals surface area contributed by atoms with E-state index in [1.807, 2.05) is 0 Å². The number of carbonyl (C=O) groups excluding carboxylic acids is 1. The van der Waals surface area contributed by atoms with Gasteiger partial charge in [0.2, 0.25) is 0 Å². The summed E-state index contributed by atoms with van der Waals surface area (Å²) in [7, 11) is 1.13. The van der Waals surface area contributed by atoms with Gasteiger partial charge < -0.3 is 19.9 Å². The van der Waals surface area contributed by atoms with Gasteiger partial charge in [-0.25, -0.2) is 9.18 Å². The number of hydrogen-bond donors (Lipinski definition) is 1. The maximum atomic E-state index is 14.0. The molecule has 2 aromatic carbocycles. The predicted octanol–water partition coefficient (Wildman–Crippen LogP) is 6.06. The van der Waals surface area contributed by atoms with E-state index >= 15 is 0 Å². The number of allylic oxidation sites excluding steroid dienone is 1. The molecule has 0 saturated carbocycles. The molecule has 1 aliphatic rings. The van der Waals surface area contributed by atoms with Crippen LogP contribution in [0.2, 0.25) is 0 Å². The van der Waals surface area contributed by atoms with Gasteiger partial charge in [0.05, 0.1) is 37.0 Å². The normalized spacial score (nSPS) is 16.5. The lowest BCUT2D eigenvalue weighted by Gasteiger charge is -2.22. The third-order valence-electron chi connectivity index (χ3n) is 5.81. The largest absolute Gasteiger partial charge is 0.420 e. The van der Waals surface area contributed by atoms with Gasteiger partial charge in [-0.1, -0.05) is 0 Å². The van der Waals surface area contributed by atoms with Crippen molar-refractivity contribution in [2.45, 2.75) is 31.3 Å². The van der Waals surface area contributed by atoms with E-state index in [9.17, 15) is 35.5 Å². The summed E-state index contributed by atoms with van der Waals surface area (Å²) in [6.45, 7) is 1.08. The van der Waals surface area contributed by atoms with E-state index < -0.39 is 46.7 Å². The number of nitrogens with zero attached hydrogens (tertiary/aromatic N) is 2. The number of alkyl halides is 6. The SMILES string of the molecule is CN(C(=O)Oc1c(C(C=NCCOCC2CCCO2)=CN)cc(C(F)(F)F)cc1C(F)(F)F)c1ccc(F)cc1. The molecule has 1 atom stereocenters. The third-order valence-corrected chi connectivity index (χ3v) is 5.81. The molecule has 0 aromatic heterocycles. The molecular formula is C26H26F7N3O4. The molecule has 0 bridgehead atoms. The lowest BCUT2D eigenvalue weighted by Crippen LogP contribution is -2.30. The van der Waals surface area contributed by atoms with E-state index in [2.05, 4.69) is 4.99 Å². The number of amides is 1. The Kier molecular flexibility index (Phi) is 10.1.